The number of rotatable bonds is 6. The van der Waals surface area contributed by atoms with Gasteiger partial charge in [0.15, 0.2) is 0 Å². The third kappa shape index (κ3) is 3.24. The summed E-state index contributed by atoms with van der Waals surface area (Å²) in [6.07, 6.45) is 1.14. The molecule has 0 spiro atoms. The molecule has 3 heteroatoms. The average molecular weight is 249 g/mol. The van der Waals surface area contributed by atoms with Crippen LogP contribution in [-0.2, 0) is 4.74 Å². The second-order valence-corrected chi connectivity index (χ2v) is 4.66. The molecular weight excluding hydrogens is 226 g/mol. The van der Waals surface area contributed by atoms with Crippen LogP contribution in [0.15, 0.2) is 24.3 Å². The van der Waals surface area contributed by atoms with Gasteiger partial charge in [0.2, 0.25) is 0 Å². The molecule has 1 aliphatic heterocycles. The van der Waals surface area contributed by atoms with Crippen LogP contribution in [-0.4, -0.2) is 26.4 Å². The molecule has 0 aliphatic carbocycles. The fraction of sp³-hybridized carbons (Fsp3) is 0.600. The monoisotopic (exact) mass is 249 g/mol. The number of benzene rings is 1. The molecule has 2 atom stereocenters. The minimum absolute atomic E-state index is 0.396. The van der Waals surface area contributed by atoms with Crippen molar-refractivity contribution in [3.8, 4) is 5.75 Å². The van der Waals surface area contributed by atoms with Crippen molar-refractivity contribution in [1.82, 2.24) is 5.32 Å². The quantitative estimate of drug-likeness (QED) is 0.841. The Morgan fingerprint density at radius 2 is 2.11 bits per heavy atom. The predicted molar refractivity (Wildman–Crippen MR) is 73.0 cm³/mol. The van der Waals surface area contributed by atoms with Crippen molar-refractivity contribution >= 4 is 0 Å². The molecule has 2 unspecified atom stereocenters. The van der Waals surface area contributed by atoms with Crippen molar-refractivity contribution in [1.29, 1.82) is 0 Å². The first-order chi connectivity index (χ1) is 8.85. The maximum absolute atomic E-state index is 5.50. The summed E-state index contributed by atoms with van der Waals surface area (Å²) in [6, 6.07) is 8.83. The van der Waals surface area contributed by atoms with Gasteiger partial charge in [-0.1, -0.05) is 19.1 Å². The Balaban J connectivity index is 2.09. The lowest BCUT2D eigenvalue weighted by atomic mass is 9.92. The smallest absolute Gasteiger partial charge is 0.119 e. The molecular formula is C15H23NO2. The molecule has 1 N–H and O–H groups in total. The van der Waals surface area contributed by atoms with Crippen LogP contribution in [0.5, 0.6) is 5.75 Å². The average Bonchev–Trinajstić information content (AvgIpc) is 2.91. The third-order valence-corrected chi connectivity index (χ3v) is 3.41. The Bertz CT molecular complexity index is 344. The molecule has 100 valence electrons. The van der Waals surface area contributed by atoms with E-state index >= 15 is 0 Å². The van der Waals surface area contributed by atoms with Crippen LogP contribution in [0.1, 0.15) is 31.9 Å². The standard InChI is InChI=1S/C15H23NO2/c1-3-16-15(13-9-10-17-11-13)12-5-7-14(8-6-12)18-4-2/h5-8,13,15-16H,3-4,9-11H2,1-2H3. The topological polar surface area (TPSA) is 30.5 Å². The highest BCUT2D eigenvalue weighted by Crippen LogP contribution is 2.29. The molecule has 1 saturated heterocycles. The molecule has 0 bridgehead atoms. The van der Waals surface area contributed by atoms with Crippen LogP contribution >= 0.6 is 0 Å². The van der Waals surface area contributed by atoms with E-state index < -0.39 is 0 Å². The van der Waals surface area contributed by atoms with E-state index in [2.05, 4.69) is 36.5 Å². The largest absolute Gasteiger partial charge is 0.494 e. The Kier molecular flexibility index (Phi) is 5.02. The van der Waals surface area contributed by atoms with E-state index in [9.17, 15) is 0 Å². The number of hydrogen-bond acceptors (Lipinski definition) is 3. The van der Waals surface area contributed by atoms with Crippen molar-refractivity contribution in [3.63, 3.8) is 0 Å². The maximum Gasteiger partial charge on any atom is 0.119 e. The molecule has 3 nitrogen and oxygen atoms in total. The van der Waals surface area contributed by atoms with Gasteiger partial charge in [0.25, 0.3) is 0 Å². The Labute approximate surface area is 109 Å². The van der Waals surface area contributed by atoms with Crippen molar-refractivity contribution in [2.45, 2.75) is 26.3 Å². The summed E-state index contributed by atoms with van der Waals surface area (Å²) in [7, 11) is 0. The molecule has 1 aromatic rings. The van der Waals surface area contributed by atoms with Gasteiger partial charge in [-0.25, -0.2) is 0 Å². The van der Waals surface area contributed by atoms with Gasteiger partial charge >= 0.3 is 0 Å². The molecule has 2 rings (SSSR count). The van der Waals surface area contributed by atoms with Crippen LogP contribution in [0.2, 0.25) is 0 Å². The van der Waals surface area contributed by atoms with Gasteiger partial charge in [-0.05, 0) is 37.6 Å². The third-order valence-electron chi connectivity index (χ3n) is 3.41. The van der Waals surface area contributed by atoms with Gasteiger partial charge in [-0.3, -0.25) is 0 Å². The second kappa shape index (κ2) is 6.76. The molecule has 1 heterocycles. The van der Waals surface area contributed by atoms with Crippen LogP contribution in [0.3, 0.4) is 0 Å². The van der Waals surface area contributed by atoms with E-state index in [0.29, 0.717) is 18.6 Å². The van der Waals surface area contributed by atoms with E-state index in [-0.39, 0.29) is 0 Å². The lowest BCUT2D eigenvalue weighted by molar-refractivity contribution is 0.177. The second-order valence-electron chi connectivity index (χ2n) is 4.66. The minimum atomic E-state index is 0.396. The molecule has 1 fully saturated rings. The highest BCUT2D eigenvalue weighted by atomic mass is 16.5. The maximum atomic E-state index is 5.50. The van der Waals surface area contributed by atoms with Gasteiger partial charge < -0.3 is 14.8 Å². The van der Waals surface area contributed by atoms with Crippen molar-refractivity contribution < 1.29 is 9.47 Å². The fourth-order valence-electron chi connectivity index (χ4n) is 2.53. The fourth-order valence-corrected chi connectivity index (χ4v) is 2.53. The van der Waals surface area contributed by atoms with Gasteiger partial charge in [0, 0.05) is 18.6 Å². The summed E-state index contributed by atoms with van der Waals surface area (Å²) in [5, 5.41) is 3.57. The molecule has 0 saturated carbocycles. The molecule has 0 radical (unpaired) electrons. The van der Waals surface area contributed by atoms with Gasteiger partial charge in [-0.2, -0.15) is 0 Å². The first kappa shape index (κ1) is 13.4. The first-order valence-electron chi connectivity index (χ1n) is 6.89. The summed E-state index contributed by atoms with van der Waals surface area (Å²) in [5.74, 6) is 1.53. The summed E-state index contributed by atoms with van der Waals surface area (Å²) < 4.78 is 11.0. The molecule has 0 amide bonds. The predicted octanol–water partition coefficient (Wildman–Crippen LogP) is 2.77. The van der Waals surface area contributed by atoms with Gasteiger partial charge in [0.05, 0.1) is 13.2 Å². The summed E-state index contributed by atoms with van der Waals surface area (Å²) >= 11 is 0. The summed E-state index contributed by atoms with van der Waals surface area (Å²) in [6.45, 7) is 7.61. The lowest BCUT2D eigenvalue weighted by Crippen LogP contribution is -2.28. The first-order valence-corrected chi connectivity index (χ1v) is 6.89. The SMILES string of the molecule is CCNC(c1ccc(OCC)cc1)C1CCOC1. The van der Waals surface area contributed by atoms with Crippen molar-refractivity contribution in [2.75, 3.05) is 26.4 Å². The van der Waals surface area contributed by atoms with Crippen molar-refractivity contribution in [2.24, 2.45) is 5.92 Å². The van der Waals surface area contributed by atoms with Crippen LogP contribution in [0.25, 0.3) is 0 Å². The zero-order valence-corrected chi connectivity index (χ0v) is 11.3. The van der Waals surface area contributed by atoms with E-state index in [0.717, 1.165) is 31.9 Å². The molecule has 1 aliphatic rings. The highest BCUT2D eigenvalue weighted by molar-refractivity contribution is 5.29. The minimum Gasteiger partial charge on any atom is -0.494 e. The van der Waals surface area contributed by atoms with E-state index in [4.69, 9.17) is 9.47 Å². The van der Waals surface area contributed by atoms with Crippen LogP contribution in [0, 0.1) is 5.92 Å². The number of nitrogens with one attached hydrogen (secondary N) is 1. The number of hydrogen-bond donors (Lipinski definition) is 1. The molecule has 1 aromatic carbocycles. The molecule has 0 aromatic heterocycles. The van der Waals surface area contributed by atoms with E-state index in [1.54, 1.807) is 0 Å². The van der Waals surface area contributed by atoms with Gasteiger partial charge in [-0.15, -0.1) is 0 Å². The van der Waals surface area contributed by atoms with E-state index in [1.807, 2.05) is 6.92 Å². The van der Waals surface area contributed by atoms with Crippen LogP contribution in [0.4, 0.5) is 0 Å². The normalized spacial score (nSPS) is 20.9. The number of ether oxygens (including phenoxy) is 2. The highest BCUT2D eigenvalue weighted by Gasteiger charge is 2.26. The lowest BCUT2D eigenvalue weighted by Gasteiger charge is -2.24. The Morgan fingerprint density at radius 3 is 2.67 bits per heavy atom. The Hall–Kier alpha value is -1.06. The Morgan fingerprint density at radius 1 is 1.33 bits per heavy atom. The zero-order valence-electron chi connectivity index (χ0n) is 11.3. The van der Waals surface area contributed by atoms with Gasteiger partial charge in [0.1, 0.15) is 5.75 Å². The summed E-state index contributed by atoms with van der Waals surface area (Å²) in [5.41, 5.74) is 1.33. The zero-order chi connectivity index (χ0) is 12.8. The van der Waals surface area contributed by atoms with Crippen molar-refractivity contribution in [3.05, 3.63) is 29.8 Å². The molecule has 18 heavy (non-hydrogen) atoms. The van der Waals surface area contributed by atoms with Crippen LogP contribution < -0.4 is 10.1 Å². The summed E-state index contributed by atoms with van der Waals surface area (Å²) in [4.78, 5) is 0. The van der Waals surface area contributed by atoms with E-state index in [1.165, 1.54) is 5.56 Å².